The quantitative estimate of drug-likeness (QED) is 0.837. The van der Waals surface area contributed by atoms with Crippen molar-refractivity contribution in [2.45, 2.75) is 69.4 Å². The van der Waals surface area contributed by atoms with Crippen LogP contribution >= 0.6 is 12.4 Å². The summed E-state index contributed by atoms with van der Waals surface area (Å²) in [7, 11) is 2.32. The van der Waals surface area contributed by atoms with Crippen LogP contribution in [0.4, 0.5) is 0 Å². The minimum absolute atomic E-state index is 0. The van der Waals surface area contributed by atoms with Crippen LogP contribution in [0.3, 0.4) is 0 Å². The zero-order valence-electron chi connectivity index (χ0n) is 14.6. The van der Waals surface area contributed by atoms with E-state index in [0.717, 1.165) is 17.5 Å². The molecule has 0 radical (unpaired) electrons. The Bertz CT molecular complexity index is 594. The van der Waals surface area contributed by atoms with Crippen LogP contribution in [0, 0.1) is 5.92 Å². The average Bonchev–Trinajstić information content (AvgIpc) is 2.49. The minimum atomic E-state index is -0.738. The van der Waals surface area contributed by atoms with Gasteiger partial charge in [0.15, 0.2) is 0 Å². The summed E-state index contributed by atoms with van der Waals surface area (Å²) in [5, 5.41) is 10.4. The Labute approximate surface area is 146 Å². The molecule has 2 nitrogen and oxygen atoms in total. The number of rotatable bonds is 1. The molecule has 23 heavy (non-hydrogen) atoms. The summed E-state index contributed by atoms with van der Waals surface area (Å²) in [4.78, 5) is 2.61. The second-order valence-electron chi connectivity index (χ2n) is 8.44. The van der Waals surface area contributed by atoms with Gasteiger partial charge in [0, 0.05) is 11.5 Å². The van der Waals surface area contributed by atoms with Crippen molar-refractivity contribution in [3.63, 3.8) is 0 Å². The first-order chi connectivity index (χ1) is 10.4. The number of hydrogen-bond acceptors (Lipinski definition) is 2. The zero-order valence-corrected chi connectivity index (χ0v) is 15.5. The van der Waals surface area contributed by atoms with Crippen molar-refractivity contribution in [1.29, 1.82) is 0 Å². The molecule has 3 aliphatic rings. The Morgan fingerprint density at radius 3 is 2.74 bits per heavy atom. The highest BCUT2D eigenvalue weighted by atomic mass is 35.5. The molecule has 3 heteroatoms. The van der Waals surface area contributed by atoms with Crippen LogP contribution in [-0.2, 0) is 17.4 Å². The molecule has 1 aliphatic heterocycles. The fourth-order valence-electron chi connectivity index (χ4n) is 5.58. The first kappa shape index (κ1) is 17.3. The summed E-state index contributed by atoms with van der Waals surface area (Å²) >= 11 is 0. The van der Waals surface area contributed by atoms with E-state index < -0.39 is 5.60 Å². The van der Waals surface area contributed by atoms with Gasteiger partial charge in [-0.15, -0.1) is 12.4 Å². The van der Waals surface area contributed by atoms with Crippen LogP contribution in [0.25, 0.3) is 0 Å². The number of fused-ring (bicyclic) bond motifs is 1. The largest absolute Gasteiger partial charge is 0.386 e. The molecule has 4 rings (SSSR count). The third-order valence-electron chi connectivity index (χ3n) is 6.82. The standard InChI is InChI=1S/C20H29NO.ClH/c1-19(2,22)15-8-7-14-12-18-16-6-4-5-9-20(16,17(14)13-15)10-11-21(18)3;/h7-8,13,16,18,22H,4-6,9-12H2,1-3H3;1H/t16-,18+,20+;/m0./s1. The first-order valence-electron chi connectivity index (χ1n) is 8.98. The van der Waals surface area contributed by atoms with Gasteiger partial charge in [0.1, 0.15) is 0 Å². The van der Waals surface area contributed by atoms with Gasteiger partial charge < -0.3 is 10.0 Å². The van der Waals surface area contributed by atoms with Gasteiger partial charge in [0.05, 0.1) is 5.60 Å². The summed E-state index contributed by atoms with van der Waals surface area (Å²) in [6.45, 7) is 5.05. The van der Waals surface area contributed by atoms with E-state index in [4.69, 9.17) is 0 Å². The molecule has 2 aliphatic carbocycles. The Balaban J connectivity index is 0.00000156. The summed E-state index contributed by atoms with van der Waals surface area (Å²) in [6.07, 6.45) is 8.01. The van der Waals surface area contributed by atoms with Gasteiger partial charge in [-0.25, -0.2) is 0 Å². The van der Waals surface area contributed by atoms with E-state index >= 15 is 0 Å². The number of halogens is 1. The SMILES string of the molecule is CN1CC[C@]23CCCC[C@H]2[C@H]1Cc1ccc(C(C)(C)O)cc13.Cl. The third-order valence-corrected chi connectivity index (χ3v) is 6.82. The molecule has 1 aromatic carbocycles. The summed E-state index contributed by atoms with van der Waals surface area (Å²) in [5.41, 5.74) is 3.87. The van der Waals surface area contributed by atoms with Gasteiger partial charge in [-0.05, 0) is 75.7 Å². The van der Waals surface area contributed by atoms with Crippen LogP contribution < -0.4 is 0 Å². The predicted octanol–water partition coefficient (Wildman–Crippen LogP) is 4.02. The van der Waals surface area contributed by atoms with E-state index in [-0.39, 0.29) is 12.4 Å². The lowest BCUT2D eigenvalue weighted by Crippen LogP contribution is -2.59. The van der Waals surface area contributed by atoms with E-state index in [2.05, 4.69) is 30.1 Å². The van der Waals surface area contributed by atoms with Crippen molar-refractivity contribution < 1.29 is 5.11 Å². The highest BCUT2D eigenvalue weighted by molar-refractivity contribution is 5.85. The molecule has 3 atom stereocenters. The van der Waals surface area contributed by atoms with Crippen LogP contribution in [0.1, 0.15) is 62.6 Å². The molecule has 0 amide bonds. The van der Waals surface area contributed by atoms with Crippen molar-refractivity contribution in [3.8, 4) is 0 Å². The van der Waals surface area contributed by atoms with Gasteiger partial charge in [0.25, 0.3) is 0 Å². The van der Waals surface area contributed by atoms with Crippen molar-refractivity contribution in [3.05, 3.63) is 34.9 Å². The van der Waals surface area contributed by atoms with Gasteiger partial charge in [-0.1, -0.05) is 31.0 Å². The summed E-state index contributed by atoms with van der Waals surface area (Å²) in [5.74, 6) is 0.824. The molecule has 1 saturated heterocycles. The fourth-order valence-corrected chi connectivity index (χ4v) is 5.58. The van der Waals surface area contributed by atoms with Gasteiger partial charge in [0.2, 0.25) is 0 Å². The average molecular weight is 336 g/mol. The van der Waals surface area contributed by atoms with E-state index in [9.17, 15) is 5.11 Å². The third kappa shape index (κ3) is 2.54. The molecule has 1 heterocycles. The van der Waals surface area contributed by atoms with Crippen LogP contribution in [0.5, 0.6) is 0 Å². The van der Waals surface area contributed by atoms with E-state index in [1.54, 1.807) is 11.1 Å². The molecule has 0 aromatic heterocycles. The number of nitrogens with zero attached hydrogens (tertiary/aromatic N) is 1. The highest BCUT2D eigenvalue weighted by Gasteiger charge is 2.53. The van der Waals surface area contributed by atoms with Crippen molar-refractivity contribution in [1.82, 2.24) is 4.90 Å². The maximum absolute atomic E-state index is 10.4. The highest BCUT2D eigenvalue weighted by Crippen LogP contribution is 2.55. The Morgan fingerprint density at radius 2 is 2.00 bits per heavy atom. The van der Waals surface area contributed by atoms with Gasteiger partial charge >= 0.3 is 0 Å². The molecular formula is C20H30ClNO. The Hall–Kier alpha value is -0.570. The number of likely N-dealkylation sites (tertiary alicyclic amines) is 1. The molecule has 128 valence electrons. The molecular weight excluding hydrogens is 306 g/mol. The summed E-state index contributed by atoms with van der Waals surface area (Å²) < 4.78 is 0. The van der Waals surface area contributed by atoms with Crippen molar-refractivity contribution in [2.75, 3.05) is 13.6 Å². The molecule has 1 aromatic rings. The number of hydrogen-bond donors (Lipinski definition) is 1. The van der Waals surface area contributed by atoms with Crippen molar-refractivity contribution in [2.24, 2.45) is 5.92 Å². The number of aliphatic hydroxyl groups is 1. The summed E-state index contributed by atoms with van der Waals surface area (Å²) in [6, 6.07) is 7.54. The molecule has 1 saturated carbocycles. The lowest BCUT2D eigenvalue weighted by Gasteiger charge is -2.58. The molecule has 0 unspecified atom stereocenters. The first-order valence-corrected chi connectivity index (χ1v) is 8.98. The Morgan fingerprint density at radius 1 is 1.22 bits per heavy atom. The fraction of sp³-hybridized carbons (Fsp3) is 0.700. The minimum Gasteiger partial charge on any atom is -0.386 e. The van der Waals surface area contributed by atoms with Gasteiger partial charge in [-0.2, -0.15) is 0 Å². The number of benzene rings is 1. The van der Waals surface area contributed by atoms with Crippen molar-refractivity contribution >= 4 is 12.4 Å². The lowest BCUT2D eigenvalue weighted by molar-refractivity contribution is 0.00240. The molecule has 1 N–H and O–H groups in total. The predicted molar refractivity (Wildman–Crippen MR) is 97.3 cm³/mol. The van der Waals surface area contributed by atoms with Gasteiger partial charge in [-0.3, -0.25) is 0 Å². The second-order valence-corrected chi connectivity index (χ2v) is 8.44. The molecule has 0 spiro atoms. The van der Waals surface area contributed by atoms with E-state index in [0.29, 0.717) is 5.41 Å². The monoisotopic (exact) mass is 335 g/mol. The molecule has 2 bridgehead atoms. The van der Waals surface area contributed by atoms with E-state index in [1.807, 2.05) is 13.8 Å². The maximum atomic E-state index is 10.4. The van der Waals surface area contributed by atoms with Crippen LogP contribution in [0.15, 0.2) is 18.2 Å². The normalized spacial score (nSPS) is 33.4. The second kappa shape index (κ2) is 5.75. The molecule has 2 fully saturated rings. The number of likely N-dealkylation sites (N-methyl/N-ethyl adjacent to an activating group) is 1. The zero-order chi connectivity index (χ0) is 15.5. The number of piperidine rings is 1. The van der Waals surface area contributed by atoms with Crippen LogP contribution in [-0.4, -0.2) is 29.6 Å². The van der Waals surface area contributed by atoms with E-state index in [1.165, 1.54) is 45.1 Å². The topological polar surface area (TPSA) is 23.5 Å². The smallest absolute Gasteiger partial charge is 0.0840 e. The Kier molecular flexibility index (Phi) is 4.32. The maximum Gasteiger partial charge on any atom is 0.0840 e. The van der Waals surface area contributed by atoms with Crippen LogP contribution in [0.2, 0.25) is 0 Å². The lowest BCUT2D eigenvalue weighted by atomic mass is 9.52.